The highest BCUT2D eigenvalue weighted by Gasteiger charge is 2.30. The van der Waals surface area contributed by atoms with Crippen LogP contribution in [-0.4, -0.2) is 43.6 Å². The number of hydrogen-bond acceptors (Lipinski definition) is 5. The number of aryl methyl sites for hydroxylation is 2. The average Bonchev–Trinajstić information content (AvgIpc) is 3.28. The van der Waals surface area contributed by atoms with Crippen molar-refractivity contribution >= 4 is 5.91 Å². The molecule has 0 spiro atoms. The van der Waals surface area contributed by atoms with Crippen LogP contribution in [0.4, 0.5) is 0 Å². The summed E-state index contributed by atoms with van der Waals surface area (Å²) in [4.78, 5) is 23.8. The normalized spacial score (nSPS) is 15.3. The number of rotatable bonds is 4. The van der Waals surface area contributed by atoms with Crippen molar-refractivity contribution in [2.24, 2.45) is 13.0 Å². The van der Waals surface area contributed by atoms with E-state index in [1.807, 2.05) is 42.5 Å². The molecule has 1 aliphatic heterocycles. The van der Waals surface area contributed by atoms with E-state index in [0.29, 0.717) is 28.6 Å². The van der Waals surface area contributed by atoms with E-state index in [9.17, 15) is 4.79 Å². The summed E-state index contributed by atoms with van der Waals surface area (Å²) >= 11 is 0. The van der Waals surface area contributed by atoms with Gasteiger partial charge in [-0.1, -0.05) is 11.2 Å². The Balaban J connectivity index is 1.46. The summed E-state index contributed by atoms with van der Waals surface area (Å²) in [5, 5.41) is 4.08. The first-order chi connectivity index (χ1) is 13.1. The summed E-state index contributed by atoms with van der Waals surface area (Å²) in [5.74, 6) is 2.17. The Morgan fingerprint density at radius 1 is 1.22 bits per heavy atom. The van der Waals surface area contributed by atoms with E-state index < -0.39 is 0 Å². The Morgan fingerprint density at radius 2 is 2.04 bits per heavy atom. The van der Waals surface area contributed by atoms with Gasteiger partial charge in [0.1, 0.15) is 22.8 Å². The Bertz CT molecular complexity index is 923. The van der Waals surface area contributed by atoms with Crippen LogP contribution in [0, 0.1) is 12.8 Å². The van der Waals surface area contributed by atoms with Crippen LogP contribution in [0.5, 0.6) is 0 Å². The lowest BCUT2D eigenvalue weighted by atomic mass is 9.92. The lowest BCUT2D eigenvalue weighted by Crippen LogP contribution is -2.39. The number of pyridine rings is 1. The third-order valence-corrected chi connectivity index (χ3v) is 5.28. The van der Waals surface area contributed by atoms with Crippen molar-refractivity contribution in [3.05, 3.63) is 53.9 Å². The molecule has 3 aromatic rings. The zero-order valence-corrected chi connectivity index (χ0v) is 15.6. The molecule has 0 aromatic carbocycles. The molecule has 7 heteroatoms. The predicted octanol–water partition coefficient (Wildman–Crippen LogP) is 2.87. The average molecular weight is 365 g/mol. The van der Waals surface area contributed by atoms with E-state index >= 15 is 0 Å². The minimum absolute atomic E-state index is 0.0233. The maximum atomic E-state index is 13.1. The summed E-state index contributed by atoms with van der Waals surface area (Å²) in [6.07, 6.45) is 8.40. The zero-order valence-electron chi connectivity index (χ0n) is 15.6. The number of aromatic nitrogens is 4. The molecule has 27 heavy (non-hydrogen) atoms. The molecule has 7 nitrogen and oxygen atoms in total. The summed E-state index contributed by atoms with van der Waals surface area (Å²) in [6, 6.07) is 5.56. The van der Waals surface area contributed by atoms with Gasteiger partial charge in [-0.25, -0.2) is 4.98 Å². The van der Waals surface area contributed by atoms with E-state index in [1.54, 1.807) is 13.1 Å². The van der Waals surface area contributed by atoms with Crippen LogP contribution >= 0.6 is 0 Å². The van der Waals surface area contributed by atoms with Gasteiger partial charge in [-0.3, -0.25) is 9.78 Å². The largest absolute Gasteiger partial charge is 0.360 e. The topological polar surface area (TPSA) is 77.1 Å². The van der Waals surface area contributed by atoms with Gasteiger partial charge < -0.3 is 14.0 Å². The van der Waals surface area contributed by atoms with Gasteiger partial charge in [0.15, 0.2) is 0 Å². The molecule has 0 saturated carbocycles. The summed E-state index contributed by atoms with van der Waals surface area (Å²) in [5.41, 5.74) is 1.70. The highest BCUT2D eigenvalue weighted by atomic mass is 16.5. The fourth-order valence-corrected chi connectivity index (χ4v) is 3.65. The molecule has 0 bridgehead atoms. The molecule has 0 radical (unpaired) electrons. The minimum atomic E-state index is -0.0233. The van der Waals surface area contributed by atoms with E-state index in [2.05, 4.69) is 19.7 Å². The van der Waals surface area contributed by atoms with Crippen molar-refractivity contribution in [3.63, 3.8) is 0 Å². The quantitative estimate of drug-likeness (QED) is 0.710. The fourth-order valence-electron chi connectivity index (χ4n) is 3.65. The number of amides is 1. The Kier molecular flexibility index (Phi) is 4.75. The van der Waals surface area contributed by atoms with Crippen molar-refractivity contribution in [2.45, 2.75) is 26.2 Å². The predicted molar refractivity (Wildman–Crippen MR) is 100 cm³/mol. The number of nitrogens with zero attached hydrogens (tertiary/aromatic N) is 5. The Hall–Kier alpha value is -2.96. The fraction of sp³-hybridized carbons (Fsp3) is 0.400. The zero-order chi connectivity index (χ0) is 18.8. The van der Waals surface area contributed by atoms with Gasteiger partial charge in [0, 0.05) is 45.1 Å². The molecule has 3 aromatic heterocycles. The van der Waals surface area contributed by atoms with Gasteiger partial charge in [-0.15, -0.1) is 0 Å². The molecule has 1 fully saturated rings. The van der Waals surface area contributed by atoms with Gasteiger partial charge in [-0.05, 0) is 37.8 Å². The SMILES string of the molecule is Cc1onc(-c2ccccn2)c1C(=O)N1CCC(Cc2nccn2C)CC1. The number of carbonyl (C=O) groups is 1. The van der Waals surface area contributed by atoms with Gasteiger partial charge in [0.05, 0.1) is 5.69 Å². The van der Waals surface area contributed by atoms with E-state index in [4.69, 9.17) is 4.52 Å². The standard InChI is InChI=1S/C20H23N5O2/c1-14-18(19(23-27-14)16-5-3-4-8-21-16)20(26)25-10-6-15(7-11-25)13-17-22-9-12-24(17)2/h3-5,8-9,12,15H,6-7,10-11,13H2,1-2H3. The molecule has 140 valence electrons. The molecular formula is C20H23N5O2. The minimum Gasteiger partial charge on any atom is -0.360 e. The number of likely N-dealkylation sites (tertiary alicyclic amines) is 1. The third-order valence-electron chi connectivity index (χ3n) is 5.28. The highest BCUT2D eigenvalue weighted by Crippen LogP contribution is 2.27. The number of carbonyl (C=O) groups excluding carboxylic acids is 1. The van der Waals surface area contributed by atoms with Crippen LogP contribution in [0.3, 0.4) is 0 Å². The van der Waals surface area contributed by atoms with Crippen LogP contribution in [0.15, 0.2) is 41.3 Å². The Labute approximate surface area is 158 Å². The van der Waals surface area contributed by atoms with Gasteiger partial charge in [0.25, 0.3) is 5.91 Å². The molecule has 0 N–H and O–H groups in total. The summed E-state index contributed by atoms with van der Waals surface area (Å²) < 4.78 is 7.38. The van der Waals surface area contributed by atoms with E-state index in [0.717, 1.165) is 38.2 Å². The molecule has 1 amide bonds. The third kappa shape index (κ3) is 3.49. The van der Waals surface area contributed by atoms with Crippen molar-refractivity contribution < 1.29 is 9.32 Å². The van der Waals surface area contributed by atoms with Crippen LogP contribution in [0.1, 0.15) is 34.8 Å². The first-order valence-corrected chi connectivity index (χ1v) is 9.26. The molecule has 0 unspecified atom stereocenters. The Morgan fingerprint density at radius 3 is 2.70 bits per heavy atom. The maximum Gasteiger partial charge on any atom is 0.259 e. The van der Waals surface area contributed by atoms with Crippen LogP contribution in [0.25, 0.3) is 11.4 Å². The van der Waals surface area contributed by atoms with Gasteiger partial charge >= 0.3 is 0 Å². The summed E-state index contributed by atoms with van der Waals surface area (Å²) in [6.45, 7) is 3.25. The van der Waals surface area contributed by atoms with Crippen molar-refractivity contribution in [1.82, 2.24) is 24.6 Å². The molecule has 0 aliphatic carbocycles. The van der Waals surface area contributed by atoms with Gasteiger partial charge in [0.2, 0.25) is 0 Å². The van der Waals surface area contributed by atoms with E-state index in [1.165, 1.54) is 0 Å². The maximum absolute atomic E-state index is 13.1. The van der Waals surface area contributed by atoms with Crippen LogP contribution in [0.2, 0.25) is 0 Å². The number of imidazole rings is 1. The van der Waals surface area contributed by atoms with Crippen LogP contribution in [-0.2, 0) is 13.5 Å². The molecule has 4 heterocycles. The lowest BCUT2D eigenvalue weighted by molar-refractivity contribution is 0.0688. The molecule has 1 saturated heterocycles. The second kappa shape index (κ2) is 7.34. The second-order valence-electron chi connectivity index (χ2n) is 7.07. The van der Waals surface area contributed by atoms with E-state index in [-0.39, 0.29) is 5.91 Å². The first-order valence-electron chi connectivity index (χ1n) is 9.26. The number of piperidine rings is 1. The monoisotopic (exact) mass is 365 g/mol. The lowest BCUT2D eigenvalue weighted by Gasteiger charge is -2.32. The second-order valence-corrected chi connectivity index (χ2v) is 7.07. The van der Waals surface area contributed by atoms with Crippen molar-refractivity contribution in [2.75, 3.05) is 13.1 Å². The molecule has 0 atom stereocenters. The number of hydrogen-bond donors (Lipinski definition) is 0. The molecular weight excluding hydrogens is 342 g/mol. The first kappa shape index (κ1) is 17.5. The van der Waals surface area contributed by atoms with Crippen LogP contribution < -0.4 is 0 Å². The molecule has 1 aliphatic rings. The van der Waals surface area contributed by atoms with Crippen molar-refractivity contribution in [1.29, 1.82) is 0 Å². The van der Waals surface area contributed by atoms with Gasteiger partial charge in [-0.2, -0.15) is 0 Å². The summed E-state index contributed by atoms with van der Waals surface area (Å²) in [7, 11) is 2.02. The van der Waals surface area contributed by atoms with Crippen molar-refractivity contribution in [3.8, 4) is 11.4 Å². The molecule has 4 rings (SSSR count). The highest BCUT2D eigenvalue weighted by molar-refractivity contribution is 6.00. The smallest absolute Gasteiger partial charge is 0.259 e.